The molecule has 0 unspecified atom stereocenters. The van der Waals surface area contributed by atoms with E-state index in [0.29, 0.717) is 22.6 Å². The Labute approximate surface area is 171 Å². The van der Waals surface area contributed by atoms with E-state index in [0.717, 1.165) is 0 Å². The van der Waals surface area contributed by atoms with E-state index in [-0.39, 0.29) is 17.9 Å². The highest BCUT2D eigenvalue weighted by molar-refractivity contribution is 6.46. The van der Waals surface area contributed by atoms with Gasteiger partial charge >= 0.3 is 0 Å². The molecule has 7 heteroatoms. The van der Waals surface area contributed by atoms with E-state index in [1.165, 1.54) is 36.5 Å². The number of furan rings is 1. The maximum Gasteiger partial charge on any atom is 0.296 e. The molecular weight excluding hydrogens is 389 g/mol. The zero-order chi connectivity index (χ0) is 21.3. The van der Waals surface area contributed by atoms with E-state index in [1.807, 2.05) is 0 Å². The molecule has 1 atom stereocenters. The topological polar surface area (TPSA) is 80.0 Å². The Morgan fingerprint density at radius 1 is 1.13 bits per heavy atom. The first kappa shape index (κ1) is 19.4. The summed E-state index contributed by atoms with van der Waals surface area (Å²) in [6, 6.07) is 14.4. The predicted octanol–water partition coefficient (Wildman–Crippen LogP) is 4.05. The fraction of sp³-hybridized carbons (Fsp3) is 0.130. The van der Waals surface area contributed by atoms with Crippen molar-refractivity contribution in [1.82, 2.24) is 4.90 Å². The van der Waals surface area contributed by atoms with Crippen molar-refractivity contribution in [2.75, 3.05) is 7.11 Å². The van der Waals surface area contributed by atoms with Crippen molar-refractivity contribution < 1.29 is 28.2 Å². The molecule has 1 fully saturated rings. The molecule has 1 aromatic heterocycles. The average Bonchev–Trinajstić information content (AvgIpc) is 3.36. The number of hydrogen-bond acceptors (Lipinski definition) is 5. The Morgan fingerprint density at radius 3 is 2.53 bits per heavy atom. The largest absolute Gasteiger partial charge is 0.507 e. The molecule has 0 saturated carbocycles. The van der Waals surface area contributed by atoms with Gasteiger partial charge in [-0.05, 0) is 54.1 Å². The number of carbonyl (C=O) groups is 2. The molecule has 1 aliphatic heterocycles. The van der Waals surface area contributed by atoms with E-state index in [1.54, 1.807) is 42.5 Å². The van der Waals surface area contributed by atoms with Crippen LogP contribution in [0.1, 0.15) is 22.9 Å². The highest BCUT2D eigenvalue weighted by Crippen LogP contribution is 2.40. The Hall–Kier alpha value is -3.87. The summed E-state index contributed by atoms with van der Waals surface area (Å²) in [5.41, 5.74) is 0.603. The summed E-state index contributed by atoms with van der Waals surface area (Å²) in [6.07, 6.45) is 1.46. The zero-order valence-corrected chi connectivity index (χ0v) is 16.0. The Kier molecular flexibility index (Phi) is 5.10. The summed E-state index contributed by atoms with van der Waals surface area (Å²) in [5.74, 6) is -1.46. The quantitative estimate of drug-likeness (QED) is 0.392. The van der Waals surface area contributed by atoms with Crippen LogP contribution in [-0.4, -0.2) is 28.8 Å². The number of halogens is 1. The number of likely N-dealkylation sites (tertiary alicyclic amines) is 1. The van der Waals surface area contributed by atoms with Crippen LogP contribution in [0.25, 0.3) is 5.76 Å². The van der Waals surface area contributed by atoms with Gasteiger partial charge in [0.1, 0.15) is 23.1 Å². The monoisotopic (exact) mass is 407 g/mol. The van der Waals surface area contributed by atoms with Crippen molar-refractivity contribution in [2.24, 2.45) is 0 Å². The molecule has 0 aliphatic carbocycles. The molecule has 0 spiro atoms. The number of ketones is 1. The number of carbonyl (C=O) groups excluding carboxylic acids is 2. The maximum atomic E-state index is 14.0. The molecule has 2 heterocycles. The van der Waals surface area contributed by atoms with Crippen LogP contribution in [0.3, 0.4) is 0 Å². The lowest BCUT2D eigenvalue weighted by Gasteiger charge is -2.24. The number of rotatable bonds is 5. The third kappa shape index (κ3) is 3.45. The summed E-state index contributed by atoms with van der Waals surface area (Å²) in [7, 11) is 1.51. The van der Waals surface area contributed by atoms with Crippen LogP contribution >= 0.6 is 0 Å². The van der Waals surface area contributed by atoms with Gasteiger partial charge in [0.2, 0.25) is 0 Å². The summed E-state index contributed by atoms with van der Waals surface area (Å²) < 4.78 is 24.4. The molecule has 3 aromatic rings. The fourth-order valence-corrected chi connectivity index (χ4v) is 3.54. The number of amides is 1. The van der Waals surface area contributed by atoms with Gasteiger partial charge < -0.3 is 19.2 Å². The molecule has 152 valence electrons. The molecule has 0 radical (unpaired) electrons. The minimum Gasteiger partial charge on any atom is -0.507 e. The van der Waals surface area contributed by atoms with Gasteiger partial charge in [-0.15, -0.1) is 0 Å². The predicted molar refractivity (Wildman–Crippen MR) is 106 cm³/mol. The molecule has 1 amide bonds. The van der Waals surface area contributed by atoms with E-state index in [4.69, 9.17) is 9.15 Å². The Morgan fingerprint density at radius 2 is 1.90 bits per heavy atom. The lowest BCUT2D eigenvalue weighted by molar-refractivity contribution is -0.140. The van der Waals surface area contributed by atoms with E-state index >= 15 is 0 Å². The second kappa shape index (κ2) is 7.87. The first-order valence-electron chi connectivity index (χ1n) is 9.20. The average molecular weight is 407 g/mol. The van der Waals surface area contributed by atoms with Gasteiger partial charge in [0.15, 0.2) is 0 Å². The number of nitrogens with zero attached hydrogens (tertiary/aromatic N) is 1. The molecule has 1 N–H and O–H groups in total. The number of ether oxygens (including phenoxy) is 1. The molecule has 6 nitrogen and oxygen atoms in total. The first-order chi connectivity index (χ1) is 14.5. The van der Waals surface area contributed by atoms with E-state index < -0.39 is 23.5 Å². The van der Waals surface area contributed by atoms with Gasteiger partial charge in [-0.2, -0.15) is 0 Å². The number of Topliss-reactive ketones (excluding diaryl/α,β-unsaturated/α-hetero) is 1. The van der Waals surface area contributed by atoms with E-state index in [2.05, 4.69) is 0 Å². The van der Waals surface area contributed by atoms with Crippen molar-refractivity contribution in [2.45, 2.75) is 12.6 Å². The van der Waals surface area contributed by atoms with Crippen molar-refractivity contribution in [3.05, 3.63) is 95.2 Å². The number of aliphatic hydroxyl groups excluding tert-OH is 1. The van der Waals surface area contributed by atoms with Crippen LogP contribution in [0.15, 0.2) is 76.9 Å². The SMILES string of the molecule is COc1ccc(/C(O)=C2\C(=O)C(=O)N(Cc3ccco3)[C@@H]2c2cccc(F)c2)cc1. The lowest BCUT2D eigenvalue weighted by Crippen LogP contribution is -2.29. The number of methoxy groups -OCH3 is 1. The van der Waals surface area contributed by atoms with E-state index in [9.17, 15) is 19.1 Å². The van der Waals surface area contributed by atoms with Gasteiger partial charge in [-0.3, -0.25) is 9.59 Å². The molecular formula is C23H18FNO5. The third-order valence-electron chi connectivity index (χ3n) is 4.97. The van der Waals surface area contributed by atoms with Crippen molar-refractivity contribution in [1.29, 1.82) is 0 Å². The van der Waals surface area contributed by atoms with Crippen molar-refractivity contribution >= 4 is 17.4 Å². The van der Waals surface area contributed by atoms with Crippen LogP contribution in [-0.2, 0) is 16.1 Å². The first-order valence-corrected chi connectivity index (χ1v) is 9.20. The Bertz CT molecular complexity index is 1120. The number of hydrogen-bond donors (Lipinski definition) is 1. The van der Waals surface area contributed by atoms with Crippen LogP contribution in [0.2, 0.25) is 0 Å². The van der Waals surface area contributed by atoms with Crippen LogP contribution in [0, 0.1) is 5.82 Å². The fourth-order valence-electron chi connectivity index (χ4n) is 3.54. The van der Waals surface area contributed by atoms with Gasteiger partial charge in [0.05, 0.1) is 31.5 Å². The minimum absolute atomic E-state index is 0.00184. The second-order valence-corrected chi connectivity index (χ2v) is 6.79. The van der Waals surface area contributed by atoms with Gasteiger partial charge in [-0.25, -0.2) is 4.39 Å². The van der Waals surface area contributed by atoms with Crippen LogP contribution in [0.4, 0.5) is 4.39 Å². The number of benzene rings is 2. The van der Waals surface area contributed by atoms with Crippen LogP contribution < -0.4 is 4.74 Å². The Balaban J connectivity index is 1.85. The van der Waals surface area contributed by atoms with Crippen molar-refractivity contribution in [3.8, 4) is 5.75 Å². The summed E-state index contributed by atoms with van der Waals surface area (Å²) in [5, 5.41) is 10.9. The maximum absolute atomic E-state index is 14.0. The highest BCUT2D eigenvalue weighted by atomic mass is 19.1. The number of aliphatic hydroxyl groups is 1. The zero-order valence-electron chi connectivity index (χ0n) is 16.0. The standard InChI is InChI=1S/C23H18FNO5/c1-29-17-9-7-14(8-10-17)21(26)19-20(15-4-2-5-16(24)12-15)25(23(28)22(19)27)13-18-6-3-11-30-18/h2-12,20,26H,13H2,1H3/b21-19+/t20-/m1/s1. The van der Waals surface area contributed by atoms with Gasteiger partial charge in [0, 0.05) is 5.56 Å². The molecule has 4 rings (SSSR count). The molecule has 2 aromatic carbocycles. The molecule has 1 aliphatic rings. The highest BCUT2D eigenvalue weighted by Gasteiger charge is 2.46. The summed E-state index contributed by atoms with van der Waals surface area (Å²) in [6.45, 7) is -0.00184. The smallest absolute Gasteiger partial charge is 0.296 e. The van der Waals surface area contributed by atoms with Crippen molar-refractivity contribution in [3.63, 3.8) is 0 Å². The summed E-state index contributed by atoms with van der Waals surface area (Å²) >= 11 is 0. The van der Waals surface area contributed by atoms with Gasteiger partial charge in [0.25, 0.3) is 11.7 Å². The summed E-state index contributed by atoms with van der Waals surface area (Å²) in [4.78, 5) is 27.0. The second-order valence-electron chi connectivity index (χ2n) is 6.79. The van der Waals surface area contributed by atoms with Gasteiger partial charge in [-0.1, -0.05) is 12.1 Å². The molecule has 0 bridgehead atoms. The normalized spacial score (nSPS) is 18.1. The minimum atomic E-state index is -0.965. The molecule has 1 saturated heterocycles. The van der Waals surface area contributed by atoms with Crippen LogP contribution in [0.5, 0.6) is 5.75 Å². The lowest BCUT2D eigenvalue weighted by atomic mass is 9.95. The molecule has 30 heavy (non-hydrogen) atoms. The third-order valence-corrected chi connectivity index (χ3v) is 4.97.